The molecule has 0 amide bonds. The molecule has 0 N–H and O–H groups in total. The Balaban J connectivity index is 2.34. The number of rotatable bonds is 0. The van der Waals surface area contributed by atoms with Crippen molar-refractivity contribution < 1.29 is 13.6 Å². The first-order chi connectivity index (χ1) is 7.66. The molecule has 0 aromatic heterocycles. The average molecular weight is 215 g/mol. The van der Waals surface area contributed by atoms with Gasteiger partial charge in [-0.25, -0.2) is 8.78 Å². The van der Waals surface area contributed by atoms with Crippen LogP contribution in [0.3, 0.4) is 0 Å². The van der Waals surface area contributed by atoms with Crippen LogP contribution in [0.5, 0.6) is 0 Å². The first-order valence-electron chi connectivity index (χ1n) is 4.72. The van der Waals surface area contributed by atoms with Crippen LogP contribution in [-0.2, 0) is 0 Å². The van der Waals surface area contributed by atoms with E-state index in [0.717, 1.165) is 6.07 Å². The molecule has 2 aromatic rings. The highest BCUT2D eigenvalue weighted by molar-refractivity contribution is 6.21. The molecule has 3 heteroatoms. The van der Waals surface area contributed by atoms with Gasteiger partial charge in [0.2, 0.25) is 0 Å². The molecule has 0 spiro atoms. The summed E-state index contributed by atoms with van der Waals surface area (Å²) in [5.74, 6) is -1.33. The van der Waals surface area contributed by atoms with Crippen LogP contribution in [0.1, 0.15) is 15.9 Å². The standard InChI is InChI=1S/C13H5F2O/c14-7-1-3-9-10-4-2-8(15)6-12(10)13(16)11(9)5-7/h1-3,5-6H. The maximum Gasteiger partial charge on any atom is 0.194 e. The topological polar surface area (TPSA) is 17.1 Å². The van der Waals surface area contributed by atoms with Gasteiger partial charge < -0.3 is 0 Å². The molecule has 1 aliphatic rings. The first-order valence-corrected chi connectivity index (χ1v) is 4.72. The molecule has 0 unspecified atom stereocenters. The molecule has 1 radical (unpaired) electrons. The number of hydrogen-bond donors (Lipinski definition) is 0. The fourth-order valence-electron chi connectivity index (χ4n) is 1.94. The lowest BCUT2D eigenvalue weighted by atomic mass is 10.1. The summed E-state index contributed by atoms with van der Waals surface area (Å²) < 4.78 is 26.0. The third kappa shape index (κ3) is 1.11. The SMILES string of the molecule is O=C1c2cc(F)c[c]c2-c2ccc(F)cc21. The van der Waals surface area contributed by atoms with E-state index in [4.69, 9.17) is 0 Å². The van der Waals surface area contributed by atoms with E-state index in [1.807, 2.05) is 0 Å². The Labute approximate surface area is 90.3 Å². The van der Waals surface area contributed by atoms with Gasteiger partial charge in [-0.3, -0.25) is 4.79 Å². The van der Waals surface area contributed by atoms with Gasteiger partial charge in [0.25, 0.3) is 0 Å². The summed E-state index contributed by atoms with van der Waals surface area (Å²) in [6.45, 7) is 0. The van der Waals surface area contributed by atoms with Gasteiger partial charge in [0.15, 0.2) is 5.78 Å². The molecule has 16 heavy (non-hydrogen) atoms. The van der Waals surface area contributed by atoms with Crippen LogP contribution in [0.4, 0.5) is 8.78 Å². The normalized spacial score (nSPS) is 12.5. The van der Waals surface area contributed by atoms with E-state index in [2.05, 4.69) is 6.07 Å². The van der Waals surface area contributed by atoms with Gasteiger partial charge in [0.05, 0.1) is 0 Å². The lowest BCUT2D eigenvalue weighted by molar-refractivity contribution is 0.104. The zero-order valence-corrected chi connectivity index (χ0v) is 8.05. The van der Waals surface area contributed by atoms with Crippen LogP contribution in [0, 0.1) is 17.7 Å². The van der Waals surface area contributed by atoms with Crippen LogP contribution in [0.15, 0.2) is 30.3 Å². The van der Waals surface area contributed by atoms with Gasteiger partial charge in [0, 0.05) is 16.7 Å². The lowest BCUT2D eigenvalue weighted by Gasteiger charge is -1.98. The number of benzene rings is 2. The predicted octanol–water partition coefficient (Wildman–Crippen LogP) is 2.98. The van der Waals surface area contributed by atoms with Crippen molar-refractivity contribution in [3.8, 4) is 11.1 Å². The highest BCUT2D eigenvalue weighted by atomic mass is 19.1. The number of halogens is 2. The van der Waals surface area contributed by atoms with E-state index in [-0.39, 0.29) is 16.9 Å². The molecular formula is C13H5F2O. The monoisotopic (exact) mass is 215 g/mol. The largest absolute Gasteiger partial charge is 0.289 e. The minimum Gasteiger partial charge on any atom is -0.289 e. The maximum absolute atomic E-state index is 13.0. The molecule has 1 nitrogen and oxygen atoms in total. The second kappa shape index (κ2) is 2.98. The summed E-state index contributed by atoms with van der Waals surface area (Å²) in [6, 6.07) is 9.00. The second-order valence-corrected chi connectivity index (χ2v) is 3.63. The Morgan fingerprint density at radius 3 is 2.50 bits per heavy atom. The first kappa shape index (κ1) is 9.21. The number of carbonyl (C=O) groups is 1. The minimum absolute atomic E-state index is 0.251. The molecule has 0 fully saturated rings. The predicted molar refractivity (Wildman–Crippen MR) is 54.1 cm³/mol. The summed E-state index contributed by atoms with van der Waals surface area (Å²) in [7, 11) is 0. The third-order valence-electron chi connectivity index (χ3n) is 2.65. The highest BCUT2D eigenvalue weighted by Gasteiger charge is 2.27. The van der Waals surface area contributed by atoms with Crippen molar-refractivity contribution in [2.45, 2.75) is 0 Å². The Morgan fingerprint density at radius 1 is 0.938 bits per heavy atom. The summed E-state index contributed by atoms with van der Waals surface area (Å²) in [4.78, 5) is 11.8. The zero-order valence-electron chi connectivity index (χ0n) is 8.05. The smallest absolute Gasteiger partial charge is 0.194 e. The van der Waals surface area contributed by atoms with Gasteiger partial charge in [-0.15, -0.1) is 0 Å². The minimum atomic E-state index is -0.514. The Bertz CT molecular complexity index is 564. The molecule has 0 heterocycles. The van der Waals surface area contributed by atoms with E-state index in [1.54, 1.807) is 0 Å². The molecule has 2 aromatic carbocycles. The van der Waals surface area contributed by atoms with Gasteiger partial charge in [-0.05, 0) is 35.9 Å². The Hall–Kier alpha value is -2.03. The third-order valence-corrected chi connectivity index (χ3v) is 2.65. The van der Waals surface area contributed by atoms with Crippen LogP contribution >= 0.6 is 0 Å². The van der Waals surface area contributed by atoms with Crippen LogP contribution < -0.4 is 0 Å². The molecule has 0 bridgehead atoms. The van der Waals surface area contributed by atoms with E-state index < -0.39 is 11.6 Å². The Morgan fingerprint density at radius 2 is 1.69 bits per heavy atom. The average Bonchev–Trinajstić information content (AvgIpc) is 2.53. The van der Waals surface area contributed by atoms with Crippen LogP contribution in [0.25, 0.3) is 11.1 Å². The summed E-state index contributed by atoms with van der Waals surface area (Å²) in [5, 5.41) is 0. The molecule has 1 aliphatic carbocycles. The van der Waals surface area contributed by atoms with Crippen molar-refractivity contribution in [2.24, 2.45) is 0 Å². The number of ketones is 1. The van der Waals surface area contributed by atoms with Gasteiger partial charge in [0.1, 0.15) is 11.6 Å². The summed E-state index contributed by atoms with van der Waals surface area (Å²) in [5.41, 5.74) is 1.68. The lowest BCUT2D eigenvalue weighted by Crippen LogP contribution is -1.96. The fraction of sp³-hybridized carbons (Fsp3) is 0. The number of fused-ring (bicyclic) bond motifs is 3. The molecular weight excluding hydrogens is 210 g/mol. The van der Waals surface area contributed by atoms with E-state index in [0.29, 0.717) is 11.1 Å². The zero-order chi connectivity index (χ0) is 11.3. The van der Waals surface area contributed by atoms with Crippen molar-refractivity contribution in [2.75, 3.05) is 0 Å². The summed E-state index contributed by atoms with van der Waals surface area (Å²) in [6.07, 6.45) is 0. The van der Waals surface area contributed by atoms with E-state index >= 15 is 0 Å². The van der Waals surface area contributed by atoms with E-state index in [9.17, 15) is 13.6 Å². The van der Waals surface area contributed by atoms with Crippen molar-refractivity contribution in [3.63, 3.8) is 0 Å². The molecule has 0 saturated carbocycles. The highest BCUT2D eigenvalue weighted by Crippen LogP contribution is 2.36. The van der Waals surface area contributed by atoms with Crippen molar-refractivity contribution >= 4 is 5.78 Å². The number of hydrogen-bond acceptors (Lipinski definition) is 1. The van der Waals surface area contributed by atoms with Crippen molar-refractivity contribution in [3.05, 3.63) is 59.2 Å². The molecule has 0 aliphatic heterocycles. The van der Waals surface area contributed by atoms with Crippen LogP contribution in [-0.4, -0.2) is 5.78 Å². The van der Waals surface area contributed by atoms with E-state index in [1.165, 1.54) is 24.3 Å². The quantitative estimate of drug-likeness (QED) is 0.563. The molecule has 3 rings (SSSR count). The molecule has 0 saturated heterocycles. The van der Waals surface area contributed by atoms with Gasteiger partial charge in [-0.2, -0.15) is 0 Å². The second-order valence-electron chi connectivity index (χ2n) is 3.63. The maximum atomic E-state index is 13.0. The van der Waals surface area contributed by atoms with Gasteiger partial charge >= 0.3 is 0 Å². The molecule has 0 atom stereocenters. The van der Waals surface area contributed by atoms with Crippen LogP contribution in [0.2, 0.25) is 0 Å². The molecule has 77 valence electrons. The van der Waals surface area contributed by atoms with Crippen molar-refractivity contribution in [1.82, 2.24) is 0 Å². The van der Waals surface area contributed by atoms with Crippen molar-refractivity contribution in [1.29, 1.82) is 0 Å². The van der Waals surface area contributed by atoms with Gasteiger partial charge in [-0.1, -0.05) is 6.07 Å². The Kier molecular flexibility index (Phi) is 1.72. The number of carbonyl (C=O) groups excluding carboxylic acids is 1. The fourth-order valence-corrected chi connectivity index (χ4v) is 1.94. The summed E-state index contributed by atoms with van der Waals surface area (Å²) >= 11 is 0.